The number of halogens is 3. The Kier molecular flexibility index (Phi) is 5.41. The first kappa shape index (κ1) is 18.8. The van der Waals surface area contributed by atoms with E-state index in [4.69, 9.17) is 25.8 Å². The first-order valence-corrected chi connectivity index (χ1v) is 8.06. The van der Waals surface area contributed by atoms with Crippen molar-refractivity contribution in [3.8, 4) is 17.5 Å². The van der Waals surface area contributed by atoms with Gasteiger partial charge in [-0.25, -0.2) is 18.6 Å². The van der Waals surface area contributed by atoms with E-state index in [-0.39, 0.29) is 22.5 Å². The molecular formula is C17H14ClF2N3O4. The molecule has 0 atom stereocenters. The second-order valence-corrected chi connectivity index (χ2v) is 5.84. The van der Waals surface area contributed by atoms with E-state index in [9.17, 15) is 13.6 Å². The van der Waals surface area contributed by atoms with Gasteiger partial charge in [0.25, 0.3) is 12.3 Å². The number of carbonyl (C=O) groups excluding carboxylic acids is 1. The van der Waals surface area contributed by atoms with E-state index in [0.717, 1.165) is 0 Å². The van der Waals surface area contributed by atoms with Crippen LogP contribution in [0.4, 0.5) is 8.78 Å². The van der Waals surface area contributed by atoms with E-state index < -0.39 is 19.0 Å². The number of rotatable bonds is 6. The summed E-state index contributed by atoms with van der Waals surface area (Å²) in [6.45, 7) is -0.828. The molecule has 3 rings (SSSR count). The van der Waals surface area contributed by atoms with Crippen LogP contribution in [0, 0.1) is 0 Å². The van der Waals surface area contributed by atoms with Crippen LogP contribution < -0.4 is 9.47 Å². The van der Waals surface area contributed by atoms with Crippen LogP contribution in [-0.2, 0) is 11.8 Å². The van der Waals surface area contributed by atoms with E-state index >= 15 is 0 Å². The lowest BCUT2D eigenvalue weighted by molar-refractivity contribution is 0.0590. The summed E-state index contributed by atoms with van der Waals surface area (Å²) >= 11 is 5.83. The third kappa shape index (κ3) is 4.08. The van der Waals surface area contributed by atoms with Crippen LogP contribution in [0.2, 0.25) is 5.02 Å². The van der Waals surface area contributed by atoms with Crippen molar-refractivity contribution in [2.45, 2.75) is 6.43 Å². The number of methoxy groups -OCH3 is 1. The van der Waals surface area contributed by atoms with Crippen LogP contribution in [0.25, 0.3) is 11.0 Å². The molecule has 3 aromatic heterocycles. The summed E-state index contributed by atoms with van der Waals surface area (Å²) in [6, 6.07) is 6.20. The van der Waals surface area contributed by atoms with Crippen molar-refractivity contribution in [1.29, 1.82) is 0 Å². The lowest BCUT2D eigenvalue weighted by atomic mass is 10.3. The quantitative estimate of drug-likeness (QED) is 0.588. The zero-order valence-corrected chi connectivity index (χ0v) is 15.0. The number of carbonyl (C=O) groups is 1. The van der Waals surface area contributed by atoms with E-state index in [1.807, 2.05) is 0 Å². The fraction of sp³-hybridized carbons (Fsp3) is 0.235. The van der Waals surface area contributed by atoms with Crippen molar-refractivity contribution in [3.05, 3.63) is 41.2 Å². The zero-order valence-electron chi connectivity index (χ0n) is 14.3. The van der Waals surface area contributed by atoms with Gasteiger partial charge in [-0.2, -0.15) is 4.98 Å². The fourth-order valence-electron chi connectivity index (χ4n) is 2.38. The molecule has 7 nitrogen and oxygen atoms in total. The predicted octanol–water partition coefficient (Wildman–Crippen LogP) is 3.84. The largest absolute Gasteiger partial charge is 0.482 e. The second kappa shape index (κ2) is 7.75. The molecule has 0 fully saturated rings. The molecule has 0 N–H and O–H groups in total. The molecule has 0 unspecified atom stereocenters. The molecule has 3 heterocycles. The molecule has 10 heteroatoms. The van der Waals surface area contributed by atoms with Crippen LogP contribution in [0.15, 0.2) is 30.5 Å². The number of hydrogen-bond acceptors (Lipinski definition) is 6. The minimum atomic E-state index is -2.66. The molecule has 0 radical (unpaired) electrons. The number of hydrogen-bond donors (Lipinski definition) is 0. The number of fused-ring (bicyclic) bond motifs is 1. The van der Waals surface area contributed by atoms with Gasteiger partial charge >= 0.3 is 5.97 Å². The van der Waals surface area contributed by atoms with Crippen molar-refractivity contribution in [1.82, 2.24) is 14.5 Å². The van der Waals surface area contributed by atoms with E-state index in [2.05, 4.69) is 9.97 Å². The maximum atomic E-state index is 12.4. The second-order valence-electron chi connectivity index (χ2n) is 5.40. The summed E-state index contributed by atoms with van der Waals surface area (Å²) in [6.07, 6.45) is -1.37. The fourth-order valence-corrected chi connectivity index (χ4v) is 2.53. The summed E-state index contributed by atoms with van der Waals surface area (Å²) in [7, 11) is 2.94. The first-order valence-electron chi connectivity index (χ1n) is 7.68. The topological polar surface area (TPSA) is 75.5 Å². The highest BCUT2D eigenvalue weighted by Crippen LogP contribution is 2.32. The Balaban J connectivity index is 1.93. The molecule has 0 aliphatic rings. The van der Waals surface area contributed by atoms with Gasteiger partial charge in [0.05, 0.1) is 12.1 Å². The predicted molar refractivity (Wildman–Crippen MR) is 92.9 cm³/mol. The van der Waals surface area contributed by atoms with Crippen LogP contribution >= 0.6 is 11.6 Å². The number of aryl methyl sites for hydroxylation is 1. The summed E-state index contributed by atoms with van der Waals surface area (Å²) in [4.78, 5) is 20.1. The van der Waals surface area contributed by atoms with Crippen LogP contribution in [0.1, 0.15) is 10.5 Å². The number of nitrogens with zero attached hydrogens (tertiary/aromatic N) is 3. The molecule has 0 aromatic carbocycles. The maximum absolute atomic E-state index is 12.4. The van der Waals surface area contributed by atoms with Gasteiger partial charge < -0.3 is 18.8 Å². The summed E-state index contributed by atoms with van der Waals surface area (Å²) in [5, 5.41) is 0.906. The minimum absolute atomic E-state index is 0.0353. The number of ether oxygens (including phenoxy) is 3. The standard InChI is InChI=1S/C17H14ClF2N3O4/c1-23-11(17(24)25-2)5-9-3-4-14(22-15(9)23)27-16-12(26-8-13(19)20)6-10(18)7-21-16/h3-7,13H,8H2,1-2H3. The monoisotopic (exact) mass is 397 g/mol. The normalized spacial score (nSPS) is 11.0. The lowest BCUT2D eigenvalue weighted by Gasteiger charge is -2.11. The Morgan fingerprint density at radius 1 is 1.33 bits per heavy atom. The molecule has 3 aromatic rings. The molecule has 0 bridgehead atoms. The first-order chi connectivity index (χ1) is 12.9. The lowest BCUT2D eigenvalue weighted by Crippen LogP contribution is -2.08. The summed E-state index contributed by atoms with van der Waals surface area (Å²) in [5.74, 6) is -0.460. The van der Waals surface area contributed by atoms with Crippen molar-refractivity contribution in [3.63, 3.8) is 0 Å². The SMILES string of the molecule is COC(=O)c1cc2ccc(Oc3ncc(Cl)cc3OCC(F)F)nc2n1C. The molecule has 0 aliphatic carbocycles. The van der Waals surface area contributed by atoms with Crippen LogP contribution in [-0.4, -0.2) is 40.6 Å². The van der Waals surface area contributed by atoms with Gasteiger partial charge in [-0.15, -0.1) is 0 Å². The molecule has 27 heavy (non-hydrogen) atoms. The van der Waals surface area contributed by atoms with Crippen molar-refractivity contribution in [2.75, 3.05) is 13.7 Å². The number of esters is 1. The van der Waals surface area contributed by atoms with E-state index in [0.29, 0.717) is 16.7 Å². The van der Waals surface area contributed by atoms with Gasteiger partial charge in [0.1, 0.15) is 17.9 Å². The average molecular weight is 398 g/mol. The van der Waals surface area contributed by atoms with Crippen LogP contribution in [0.3, 0.4) is 0 Å². The van der Waals surface area contributed by atoms with Gasteiger partial charge in [0, 0.05) is 30.8 Å². The third-order valence-electron chi connectivity index (χ3n) is 3.60. The molecule has 0 saturated carbocycles. The van der Waals surface area contributed by atoms with Gasteiger partial charge in [-0.3, -0.25) is 0 Å². The highest BCUT2D eigenvalue weighted by atomic mass is 35.5. The van der Waals surface area contributed by atoms with E-state index in [1.54, 1.807) is 29.8 Å². The molecule has 0 saturated heterocycles. The Morgan fingerprint density at radius 2 is 2.11 bits per heavy atom. The summed E-state index contributed by atoms with van der Waals surface area (Å²) in [5.41, 5.74) is 0.791. The van der Waals surface area contributed by atoms with Crippen molar-refractivity contribution >= 4 is 28.6 Å². The molecule has 0 amide bonds. The average Bonchev–Trinajstić information content (AvgIpc) is 2.97. The number of alkyl halides is 2. The molecule has 0 spiro atoms. The molecule has 0 aliphatic heterocycles. The smallest absolute Gasteiger partial charge is 0.354 e. The Hall–Kier alpha value is -2.94. The van der Waals surface area contributed by atoms with Crippen molar-refractivity contribution < 1.29 is 27.8 Å². The van der Waals surface area contributed by atoms with Crippen molar-refractivity contribution in [2.24, 2.45) is 7.05 Å². The Labute approximate surface area is 157 Å². The third-order valence-corrected chi connectivity index (χ3v) is 3.80. The zero-order chi connectivity index (χ0) is 19.6. The Morgan fingerprint density at radius 3 is 2.81 bits per heavy atom. The van der Waals surface area contributed by atoms with E-state index in [1.165, 1.54) is 19.4 Å². The minimum Gasteiger partial charge on any atom is -0.482 e. The van der Waals surface area contributed by atoms with Gasteiger partial charge in [0.2, 0.25) is 5.88 Å². The van der Waals surface area contributed by atoms with Gasteiger partial charge in [0.15, 0.2) is 5.75 Å². The van der Waals surface area contributed by atoms with Gasteiger partial charge in [-0.05, 0) is 12.1 Å². The molecular weight excluding hydrogens is 384 g/mol. The summed E-state index contributed by atoms with van der Waals surface area (Å²) < 4.78 is 41.7. The highest BCUT2D eigenvalue weighted by Gasteiger charge is 2.17. The Bertz CT molecular complexity index is 994. The van der Waals surface area contributed by atoms with Gasteiger partial charge in [-0.1, -0.05) is 11.6 Å². The number of aromatic nitrogens is 3. The highest BCUT2D eigenvalue weighted by molar-refractivity contribution is 6.30. The maximum Gasteiger partial charge on any atom is 0.354 e. The number of pyridine rings is 2. The van der Waals surface area contributed by atoms with Crippen LogP contribution in [0.5, 0.6) is 17.5 Å². The molecule has 142 valence electrons.